The number of carbonyl (C=O) groups is 1. The van der Waals surface area contributed by atoms with Crippen LogP contribution >= 0.6 is 11.6 Å². The predicted octanol–water partition coefficient (Wildman–Crippen LogP) is 3.69. The van der Waals surface area contributed by atoms with E-state index in [9.17, 15) is 14.9 Å². The van der Waals surface area contributed by atoms with E-state index in [1.165, 1.54) is 30.3 Å². The molecule has 0 heterocycles. The van der Waals surface area contributed by atoms with Crippen LogP contribution in [0.4, 0.5) is 17.1 Å². The van der Waals surface area contributed by atoms with Crippen LogP contribution in [0.3, 0.4) is 0 Å². The van der Waals surface area contributed by atoms with Crippen LogP contribution in [0.15, 0.2) is 42.5 Å². The summed E-state index contributed by atoms with van der Waals surface area (Å²) >= 11 is 5.81. The molecule has 2 aromatic rings. The number of aromatic carboxylic acids is 1. The van der Waals surface area contributed by atoms with Crippen molar-refractivity contribution >= 4 is 34.6 Å². The number of nitrogens with zero attached hydrogens (tertiary/aromatic N) is 1. The Morgan fingerprint density at radius 3 is 2.65 bits per heavy atom. The molecule has 0 amide bonds. The van der Waals surface area contributed by atoms with Crippen molar-refractivity contribution in [3.8, 4) is 0 Å². The quantitative estimate of drug-likeness (QED) is 0.662. The Morgan fingerprint density at radius 1 is 1.25 bits per heavy atom. The van der Waals surface area contributed by atoms with Crippen molar-refractivity contribution in [3.63, 3.8) is 0 Å². The number of carboxylic acids is 1. The second kappa shape index (κ2) is 5.58. The van der Waals surface area contributed by atoms with E-state index in [-0.39, 0.29) is 16.9 Å². The van der Waals surface area contributed by atoms with Gasteiger partial charge in [0.25, 0.3) is 5.69 Å². The Balaban J connectivity index is 2.39. The normalized spacial score (nSPS) is 10.1. The molecule has 0 aliphatic rings. The van der Waals surface area contributed by atoms with Crippen molar-refractivity contribution in [1.82, 2.24) is 0 Å². The fraction of sp³-hybridized carbons (Fsp3) is 0. The second-order valence-electron chi connectivity index (χ2n) is 3.93. The third-order valence-electron chi connectivity index (χ3n) is 2.54. The molecule has 7 heteroatoms. The van der Waals surface area contributed by atoms with Gasteiger partial charge in [0.2, 0.25) is 0 Å². The summed E-state index contributed by atoms with van der Waals surface area (Å²) in [6.07, 6.45) is 0. The van der Waals surface area contributed by atoms with Crippen molar-refractivity contribution in [2.75, 3.05) is 5.32 Å². The highest BCUT2D eigenvalue weighted by molar-refractivity contribution is 6.31. The third-order valence-corrected chi connectivity index (χ3v) is 2.78. The van der Waals surface area contributed by atoms with Gasteiger partial charge >= 0.3 is 5.97 Å². The second-order valence-corrected chi connectivity index (χ2v) is 4.37. The summed E-state index contributed by atoms with van der Waals surface area (Å²) in [6.45, 7) is 0. The van der Waals surface area contributed by atoms with Gasteiger partial charge in [-0.2, -0.15) is 0 Å². The zero-order chi connectivity index (χ0) is 14.7. The number of nitro benzene ring substituents is 1. The molecule has 0 aromatic heterocycles. The highest BCUT2D eigenvalue weighted by Crippen LogP contribution is 2.30. The number of nitrogens with one attached hydrogen (secondary N) is 1. The van der Waals surface area contributed by atoms with Crippen LogP contribution < -0.4 is 5.32 Å². The zero-order valence-corrected chi connectivity index (χ0v) is 10.8. The molecule has 0 saturated carbocycles. The molecule has 0 aliphatic heterocycles. The van der Waals surface area contributed by atoms with Crippen molar-refractivity contribution < 1.29 is 14.8 Å². The van der Waals surface area contributed by atoms with Crippen LogP contribution in [0.5, 0.6) is 0 Å². The number of anilines is 2. The molecule has 0 bridgehead atoms. The maximum Gasteiger partial charge on any atom is 0.335 e. The monoisotopic (exact) mass is 292 g/mol. The first-order valence-electron chi connectivity index (χ1n) is 5.51. The highest BCUT2D eigenvalue weighted by Gasteiger charge is 2.14. The number of benzene rings is 2. The molecule has 0 radical (unpaired) electrons. The summed E-state index contributed by atoms with van der Waals surface area (Å²) in [4.78, 5) is 21.3. The SMILES string of the molecule is O=C(O)c1cccc(Nc2cc(Cl)ccc2[N+](=O)[O-])c1. The molecule has 0 aliphatic carbocycles. The predicted molar refractivity (Wildman–Crippen MR) is 74.8 cm³/mol. The maximum atomic E-state index is 10.9. The summed E-state index contributed by atoms with van der Waals surface area (Å²) in [5, 5.41) is 23.0. The van der Waals surface area contributed by atoms with Crippen LogP contribution in [0, 0.1) is 10.1 Å². The Bertz CT molecular complexity index is 688. The van der Waals surface area contributed by atoms with Crippen molar-refractivity contribution in [1.29, 1.82) is 0 Å². The summed E-state index contributed by atoms with van der Waals surface area (Å²) in [7, 11) is 0. The largest absolute Gasteiger partial charge is 0.478 e. The average Bonchev–Trinajstić information content (AvgIpc) is 2.38. The first-order chi connectivity index (χ1) is 9.47. The van der Waals surface area contributed by atoms with E-state index < -0.39 is 10.9 Å². The standard InChI is InChI=1S/C13H9ClN2O4/c14-9-4-5-12(16(19)20)11(7-9)15-10-3-1-2-8(6-10)13(17)18/h1-7,15H,(H,17,18). The van der Waals surface area contributed by atoms with Crippen molar-refractivity contribution in [2.45, 2.75) is 0 Å². The third kappa shape index (κ3) is 3.04. The summed E-state index contributed by atoms with van der Waals surface area (Å²) < 4.78 is 0. The molecule has 2 rings (SSSR count). The number of rotatable bonds is 4. The van der Waals surface area contributed by atoms with Crippen LogP contribution in [-0.2, 0) is 0 Å². The maximum absolute atomic E-state index is 10.9. The van der Waals surface area contributed by atoms with Gasteiger partial charge in [0.1, 0.15) is 5.69 Å². The molecule has 2 N–H and O–H groups in total. The molecular formula is C13H9ClN2O4. The molecular weight excluding hydrogens is 284 g/mol. The highest BCUT2D eigenvalue weighted by atomic mass is 35.5. The lowest BCUT2D eigenvalue weighted by Gasteiger charge is -2.08. The smallest absolute Gasteiger partial charge is 0.335 e. The molecule has 2 aromatic carbocycles. The summed E-state index contributed by atoms with van der Waals surface area (Å²) in [5.41, 5.74) is 0.565. The van der Waals surface area contributed by atoms with Gasteiger partial charge in [-0.1, -0.05) is 17.7 Å². The number of halogens is 1. The molecule has 0 spiro atoms. The Kier molecular flexibility index (Phi) is 3.86. The van der Waals surface area contributed by atoms with E-state index >= 15 is 0 Å². The number of carboxylic acid groups (broad SMARTS) is 1. The van der Waals surface area contributed by atoms with Gasteiger partial charge in [-0.05, 0) is 30.3 Å². The molecule has 6 nitrogen and oxygen atoms in total. The summed E-state index contributed by atoms with van der Waals surface area (Å²) in [5.74, 6) is -1.07. The van der Waals surface area contributed by atoms with Crippen molar-refractivity contribution in [2.24, 2.45) is 0 Å². The molecule has 0 atom stereocenters. The Morgan fingerprint density at radius 2 is 2.00 bits per heavy atom. The van der Waals surface area contributed by atoms with Crippen LogP contribution in [-0.4, -0.2) is 16.0 Å². The lowest BCUT2D eigenvalue weighted by Crippen LogP contribution is -2.00. The minimum absolute atomic E-state index is 0.0830. The Labute approximate surface area is 118 Å². The molecule has 102 valence electrons. The fourth-order valence-electron chi connectivity index (χ4n) is 1.65. The minimum atomic E-state index is -1.07. The number of hydrogen-bond donors (Lipinski definition) is 2. The first kappa shape index (κ1) is 13.8. The van der Waals surface area contributed by atoms with Gasteiger partial charge in [0.15, 0.2) is 0 Å². The lowest BCUT2D eigenvalue weighted by atomic mass is 10.2. The van der Waals surface area contributed by atoms with Gasteiger partial charge in [-0.3, -0.25) is 10.1 Å². The number of hydrogen-bond acceptors (Lipinski definition) is 4. The van der Waals surface area contributed by atoms with E-state index in [0.717, 1.165) is 0 Å². The van der Waals surface area contributed by atoms with Crippen LogP contribution in [0.1, 0.15) is 10.4 Å². The van der Waals surface area contributed by atoms with Gasteiger partial charge in [-0.25, -0.2) is 4.79 Å². The van der Waals surface area contributed by atoms with E-state index in [1.807, 2.05) is 0 Å². The van der Waals surface area contributed by atoms with Gasteiger partial charge in [0, 0.05) is 16.8 Å². The summed E-state index contributed by atoms with van der Waals surface area (Å²) in [6, 6.07) is 10.1. The zero-order valence-electron chi connectivity index (χ0n) is 10.0. The van der Waals surface area contributed by atoms with Crippen LogP contribution in [0.25, 0.3) is 0 Å². The molecule has 20 heavy (non-hydrogen) atoms. The van der Waals surface area contributed by atoms with E-state index in [4.69, 9.17) is 16.7 Å². The van der Waals surface area contributed by atoms with E-state index in [2.05, 4.69) is 5.32 Å². The van der Waals surface area contributed by atoms with Gasteiger partial charge in [-0.15, -0.1) is 0 Å². The van der Waals surface area contributed by atoms with Gasteiger partial charge in [0.05, 0.1) is 10.5 Å². The molecule has 0 fully saturated rings. The molecule has 0 saturated heterocycles. The molecule has 0 unspecified atom stereocenters. The van der Waals surface area contributed by atoms with Crippen LogP contribution in [0.2, 0.25) is 5.02 Å². The van der Waals surface area contributed by atoms with Crippen molar-refractivity contribution in [3.05, 3.63) is 63.2 Å². The van der Waals surface area contributed by atoms with E-state index in [0.29, 0.717) is 10.7 Å². The fourth-order valence-corrected chi connectivity index (χ4v) is 1.83. The first-order valence-corrected chi connectivity index (χ1v) is 5.89. The lowest BCUT2D eigenvalue weighted by molar-refractivity contribution is -0.383. The number of nitro groups is 1. The Hall–Kier alpha value is -2.60. The van der Waals surface area contributed by atoms with Gasteiger partial charge < -0.3 is 10.4 Å². The van der Waals surface area contributed by atoms with E-state index in [1.54, 1.807) is 12.1 Å². The minimum Gasteiger partial charge on any atom is -0.478 e. The topological polar surface area (TPSA) is 92.5 Å². The average molecular weight is 293 g/mol.